The number of rotatable bonds is 12. The zero-order valence-corrected chi connectivity index (χ0v) is 19.9. The van der Waals surface area contributed by atoms with Crippen LogP contribution in [0.15, 0.2) is 66.7 Å². The van der Waals surface area contributed by atoms with Gasteiger partial charge in [0.2, 0.25) is 5.91 Å². The van der Waals surface area contributed by atoms with Crippen LogP contribution in [-0.2, 0) is 14.3 Å². The standard InChI is InChI=1S/C28H32N2O4/c1-30(20-28(33)34-2)25-14-10-9-13-24(25)29-27(32)16-6-4-3-5-15-26(31)23-18-17-21-11-7-8-12-22(21)19-23/h7-14,17-19H,3-6,15-16,20H2,1-2H3,(H,29,32). The van der Waals surface area contributed by atoms with Crippen LogP contribution >= 0.6 is 0 Å². The third-order valence-electron chi connectivity index (χ3n) is 5.81. The number of para-hydroxylation sites is 2. The van der Waals surface area contributed by atoms with Gasteiger partial charge in [-0.25, -0.2) is 0 Å². The van der Waals surface area contributed by atoms with Gasteiger partial charge in [0, 0.05) is 25.5 Å². The molecule has 0 aliphatic heterocycles. The van der Waals surface area contributed by atoms with E-state index in [0.29, 0.717) is 18.5 Å². The first-order chi connectivity index (χ1) is 16.5. The molecule has 34 heavy (non-hydrogen) atoms. The number of methoxy groups -OCH3 is 1. The second-order valence-electron chi connectivity index (χ2n) is 8.40. The Morgan fingerprint density at radius 2 is 1.50 bits per heavy atom. The molecule has 3 aromatic carbocycles. The smallest absolute Gasteiger partial charge is 0.325 e. The highest BCUT2D eigenvalue weighted by molar-refractivity contribution is 6.00. The van der Waals surface area contributed by atoms with Crippen LogP contribution in [0.1, 0.15) is 48.9 Å². The van der Waals surface area contributed by atoms with E-state index in [1.54, 1.807) is 11.9 Å². The number of unbranched alkanes of at least 4 members (excludes halogenated alkanes) is 3. The van der Waals surface area contributed by atoms with E-state index in [-0.39, 0.29) is 24.2 Å². The second kappa shape index (κ2) is 12.5. The van der Waals surface area contributed by atoms with Crippen LogP contribution in [0.2, 0.25) is 0 Å². The van der Waals surface area contributed by atoms with E-state index in [1.165, 1.54) is 7.11 Å². The summed E-state index contributed by atoms with van der Waals surface area (Å²) >= 11 is 0. The molecule has 0 atom stereocenters. The normalized spacial score (nSPS) is 10.6. The van der Waals surface area contributed by atoms with Gasteiger partial charge in [-0.1, -0.05) is 61.4 Å². The Hall–Kier alpha value is -3.67. The summed E-state index contributed by atoms with van der Waals surface area (Å²) < 4.78 is 4.72. The molecule has 178 valence electrons. The minimum absolute atomic E-state index is 0.0637. The molecule has 0 aromatic heterocycles. The number of anilines is 2. The van der Waals surface area contributed by atoms with Crippen molar-refractivity contribution in [3.8, 4) is 0 Å². The van der Waals surface area contributed by atoms with E-state index in [1.807, 2.05) is 66.7 Å². The number of amides is 1. The first-order valence-electron chi connectivity index (χ1n) is 11.7. The number of Topliss-reactive ketones (excluding diaryl/α,β-unsaturated/α-hetero) is 1. The van der Waals surface area contributed by atoms with Gasteiger partial charge < -0.3 is 15.0 Å². The molecule has 6 nitrogen and oxygen atoms in total. The number of esters is 1. The molecular weight excluding hydrogens is 428 g/mol. The van der Waals surface area contributed by atoms with Crippen LogP contribution in [0.25, 0.3) is 10.8 Å². The second-order valence-corrected chi connectivity index (χ2v) is 8.40. The molecule has 0 bridgehead atoms. The Balaban J connectivity index is 1.38. The maximum Gasteiger partial charge on any atom is 0.325 e. The zero-order valence-electron chi connectivity index (χ0n) is 19.9. The molecule has 0 aliphatic rings. The van der Waals surface area contributed by atoms with Crippen LogP contribution in [-0.4, -0.2) is 38.4 Å². The summed E-state index contributed by atoms with van der Waals surface area (Å²) in [5, 5.41) is 5.16. The summed E-state index contributed by atoms with van der Waals surface area (Å²) in [6, 6.07) is 21.3. The summed E-state index contributed by atoms with van der Waals surface area (Å²) in [5.74, 6) is -0.245. The van der Waals surface area contributed by atoms with Crippen molar-refractivity contribution in [3.05, 3.63) is 72.3 Å². The van der Waals surface area contributed by atoms with Crippen molar-refractivity contribution in [3.63, 3.8) is 0 Å². The average Bonchev–Trinajstić information content (AvgIpc) is 2.85. The Labute approximate surface area is 200 Å². The van der Waals surface area contributed by atoms with E-state index in [4.69, 9.17) is 4.74 Å². The molecule has 0 unspecified atom stereocenters. The molecule has 0 heterocycles. The van der Waals surface area contributed by atoms with Crippen LogP contribution in [0.5, 0.6) is 0 Å². The number of nitrogens with one attached hydrogen (secondary N) is 1. The first-order valence-corrected chi connectivity index (χ1v) is 11.7. The van der Waals surface area contributed by atoms with Crippen LogP contribution in [0.3, 0.4) is 0 Å². The van der Waals surface area contributed by atoms with Crippen molar-refractivity contribution in [2.24, 2.45) is 0 Å². The third kappa shape index (κ3) is 7.17. The van der Waals surface area contributed by atoms with Crippen LogP contribution in [0, 0.1) is 0 Å². The predicted octanol–water partition coefficient (Wildman–Crippen LogP) is 5.61. The number of ketones is 1. The monoisotopic (exact) mass is 460 g/mol. The SMILES string of the molecule is COC(=O)CN(C)c1ccccc1NC(=O)CCCCCCC(=O)c1ccc2ccccc2c1. The van der Waals surface area contributed by atoms with E-state index in [0.717, 1.165) is 47.7 Å². The third-order valence-corrected chi connectivity index (χ3v) is 5.81. The van der Waals surface area contributed by atoms with Crippen molar-refractivity contribution >= 4 is 39.8 Å². The van der Waals surface area contributed by atoms with Gasteiger partial charge in [0.25, 0.3) is 0 Å². The molecule has 0 fully saturated rings. The largest absolute Gasteiger partial charge is 0.468 e. The zero-order chi connectivity index (χ0) is 24.3. The number of fused-ring (bicyclic) bond motifs is 1. The lowest BCUT2D eigenvalue weighted by Crippen LogP contribution is -2.27. The number of carbonyl (C=O) groups is 3. The van der Waals surface area contributed by atoms with Gasteiger partial charge in [0.05, 0.1) is 18.5 Å². The molecule has 0 spiro atoms. The van der Waals surface area contributed by atoms with E-state index < -0.39 is 0 Å². The quantitative estimate of drug-likeness (QED) is 0.216. The molecule has 6 heteroatoms. The lowest BCUT2D eigenvalue weighted by Gasteiger charge is -2.21. The summed E-state index contributed by atoms with van der Waals surface area (Å²) in [4.78, 5) is 38.2. The van der Waals surface area contributed by atoms with E-state index in [2.05, 4.69) is 5.32 Å². The minimum Gasteiger partial charge on any atom is -0.468 e. The maximum atomic E-state index is 12.5. The highest BCUT2D eigenvalue weighted by Crippen LogP contribution is 2.25. The Morgan fingerprint density at radius 3 is 2.26 bits per heavy atom. The van der Waals surface area contributed by atoms with Gasteiger partial charge in [-0.3, -0.25) is 14.4 Å². The fraction of sp³-hybridized carbons (Fsp3) is 0.321. The van der Waals surface area contributed by atoms with Crippen molar-refractivity contribution in [2.45, 2.75) is 38.5 Å². The molecule has 0 aliphatic carbocycles. The maximum absolute atomic E-state index is 12.5. The molecule has 3 aromatic rings. The fourth-order valence-electron chi connectivity index (χ4n) is 3.90. The molecule has 0 saturated carbocycles. The number of benzene rings is 3. The van der Waals surface area contributed by atoms with Crippen molar-refractivity contribution in [2.75, 3.05) is 30.9 Å². The molecule has 3 rings (SSSR count). The Morgan fingerprint density at radius 1 is 0.824 bits per heavy atom. The first kappa shape index (κ1) is 25.0. The van der Waals surface area contributed by atoms with Crippen LogP contribution in [0.4, 0.5) is 11.4 Å². The van der Waals surface area contributed by atoms with Crippen LogP contribution < -0.4 is 10.2 Å². The van der Waals surface area contributed by atoms with E-state index >= 15 is 0 Å². The average molecular weight is 461 g/mol. The Kier molecular flexibility index (Phi) is 9.21. The van der Waals surface area contributed by atoms with Gasteiger partial charge in [0.15, 0.2) is 5.78 Å². The number of carbonyl (C=O) groups excluding carboxylic acids is 3. The number of hydrogen-bond donors (Lipinski definition) is 1. The number of likely N-dealkylation sites (N-methyl/N-ethyl adjacent to an activating group) is 1. The summed E-state index contributed by atoms with van der Waals surface area (Å²) in [6.07, 6.45) is 4.30. The van der Waals surface area contributed by atoms with Gasteiger partial charge in [-0.05, 0) is 41.8 Å². The van der Waals surface area contributed by atoms with Gasteiger partial charge in [-0.15, -0.1) is 0 Å². The topological polar surface area (TPSA) is 75.7 Å². The van der Waals surface area contributed by atoms with Gasteiger partial charge in [0.1, 0.15) is 6.54 Å². The summed E-state index contributed by atoms with van der Waals surface area (Å²) in [7, 11) is 3.13. The number of hydrogen-bond acceptors (Lipinski definition) is 5. The van der Waals surface area contributed by atoms with Crippen molar-refractivity contribution < 1.29 is 19.1 Å². The van der Waals surface area contributed by atoms with Gasteiger partial charge >= 0.3 is 5.97 Å². The number of nitrogens with zero attached hydrogens (tertiary/aromatic N) is 1. The number of ether oxygens (including phenoxy) is 1. The molecular formula is C28H32N2O4. The molecule has 1 amide bonds. The fourth-order valence-corrected chi connectivity index (χ4v) is 3.90. The minimum atomic E-state index is -0.345. The van der Waals surface area contributed by atoms with Crippen molar-refractivity contribution in [1.29, 1.82) is 0 Å². The summed E-state index contributed by atoms with van der Waals surface area (Å²) in [6.45, 7) is 0.0985. The highest BCUT2D eigenvalue weighted by atomic mass is 16.5. The molecule has 0 saturated heterocycles. The molecule has 0 radical (unpaired) electrons. The lowest BCUT2D eigenvalue weighted by atomic mass is 10.0. The summed E-state index contributed by atoms with van der Waals surface area (Å²) in [5.41, 5.74) is 2.18. The highest BCUT2D eigenvalue weighted by Gasteiger charge is 2.13. The molecule has 1 N–H and O–H groups in total. The lowest BCUT2D eigenvalue weighted by molar-refractivity contribution is -0.138. The Bertz CT molecular complexity index is 1140. The van der Waals surface area contributed by atoms with Gasteiger partial charge in [-0.2, -0.15) is 0 Å². The predicted molar refractivity (Wildman–Crippen MR) is 136 cm³/mol. The van der Waals surface area contributed by atoms with Crippen molar-refractivity contribution in [1.82, 2.24) is 0 Å². The van der Waals surface area contributed by atoms with E-state index in [9.17, 15) is 14.4 Å².